The summed E-state index contributed by atoms with van der Waals surface area (Å²) in [4.78, 5) is 15.3. The summed E-state index contributed by atoms with van der Waals surface area (Å²) in [6.45, 7) is 9.81. The number of hydrogen-bond donors (Lipinski definition) is 1. The highest BCUT2D eigenvalue weighted by Crippen LogP contribution is 2.45. The average Bonchev–Trinajstić information content (AvgIpc) is 3.30. The monoisotopic (exact) mass is 453 g/mol. The van der Waals surface area contributed by atoms with Crippen LogP contribution in [-0.2, 0) is 0 Å². The fourth-order valence-electron chi connectivity index (χ4n) is 4.19. The molecule has 32 heavy (non-hydrogen) atoms. The van der Waals surface area contributed by atoms with Gasteiger partial charge in [-0.3, -0.25) is 9.89 Å². The molecule has 4 rings (SSSR count). The molecule has 1 aromatic heterocycles. The second-order valence-electron chi connectivity index (χ2n) is 8.19. The molecular weight excluding hydrogens is 426 g/mol. The molecule has 1 aliphatic heterocycles. The van der Waals surface area contributed by atoms with Gasteiger partial charge in [0.05, 0.1) is 24.9 Å². The van der Waals surface area contributed by atoms with Crippen LogP contribution in [0.5, 0.6) is 11.5 Å². The number of amides is 1. The van der Waals surface area contributed by atoms with Crippen LogP contribution in [0.3, 0.4) is 0 Å². The van der Waals surface area contributed by atoms with Crippen molar-refractivity contribution >= 4 is 17.5 Å². The van der Waals surface area contributed by atoms with Crippen LogP contribution in [0.1, 0.15) is 55.4 Å². The number of aromatic amines is 1. The van der Waals surface area contributed by atoms with Gasteiger partial charge in [-0.25, -0.2) is 0 Å². The van der Waals surface area contributed by atoms with E-state index in [1.165, 1.54) is 0 Å². The normalized spacial score (nSPS) is 15.4. The Morgan fingerprint density at radius 1 is 1.06 bits per heavy atom. The molecule has 7 heteroatoms. The van der Waals surface area contributed by atoms with Gasteiger partial charge in [-0.05, 0) is 49.6 Å². The smallest absolute Gasteiger partial charge is 0.273 e. The molecular formula is C25H28ClN3O3. The van der Waals surface area contributed by atoms with Crippen LogP contribution in [0.2, 0.25) is 5.02 Å². The summed E-state index contributed by atoms with van der Waals surface area (Å²) < 4.78 is 11.6. The van der Waals surface area contributed by atoms with Crippen LogP contribution < -0.4 is 9.47 Å². The predicted molar refractivity (Wildman–Crippen MR) is 126 cm³/mol. The first kappa shape index (κ1) is 22.2. The summed E-state index contributed by atoms with van der Waals surface area (Å²) >= 11 is 6.09. The minimum absolute atomic E-state index is 0.0433. The standard InChI is InChI=1S/C25H28ClN3O3/c1-5-31-19-12-9-17(13-20(19)32-6-2)24-21-22(16-7-10-18(26)11-8-16)27-28-23(21)25(30)29(24)14-15(3)4/h7-13,15,24H,5-6,14H2,1-4H3,(H,27,28). The van der Waals surface area contributed by atoms with Crippen molar-refractivity contribution in [3.63, 3.8) is 0 Å². The maximum Gasteiger partial charge on any atom is 0.273 e. The molecule has 0 fully saturated rings. The third-order valence-corrected chi connectivity index (χ3v) is 5.68. The molecule has 1 N–H and O–H groups in total. The SMILES string of the molecule is CCOc1ccc(C2c3c(-c4ccc(Cl)cc4)n[nH]c3C(=O)N2CC(C)C)cc1OCC. The number of carbonyl (C=O) groups excluding carboxylic acids is 1. The molecule has 1 amide bonds. The minimum Gasteiger partial charge on any atom is -0.490 e. The number of benzene rings is 2. The Balaban J connectivity index is 1.86. The second kappa shape index (κ2) is 9.25. The number of hydrogen-bond acceptors (Lipinski definition) is 4. The lowest BCUT2D eigenvalue weighted by atomic mass is 9.95. The van der Waals surface area contributed by atoms with E-state index in [1.807, 2.05) is 61.2 Å². The van der Waals surface area contributed by atoms with E-state index in [-0.39, 0.29) is 11.9 Å². The van der Waals surface area contributed by atoms with Gasteiger partial charge in [0.25, 0.3) is 5.91 Å². The maximum absolute atomic E-state index is 13.4. The Bertz CT molecular complexity index is 1110. The number of aromatic nitrogens is 2. The van der Waals surface area contributed by atoms with Crippen molar-refractivity contribution in [3.8, 4) is 22.8 Å². The van der Waals surface area contributed by atoms with Gasteiger partial charge in [-0.2, -0.15) is 5.10 Å². The van der Waals surface area contributed by atoms with E-state index >= 15 is 0 Å². The summed E-state index contributed by atoms with van der Waals surface area (Å²) in [7, 11) is 0. The average molecular weight is 454 g/mol. The Morgan fingerprint density at radius 2 is 1.75 bits per heavy atom. The van der Waals surface area contributed by atoms with Crippen LogP contribution in [0.25, 0.3) is 11.3 Å². The van der Waals surface area contributed by atoms with E-state index in [0.717, 1.165) is 22.4 Å². The van der Waals surface area contributed by atoms with Gasteiger partial charge in [-0.1, -0.05) is 43.6 Å². The Kier molecular flexibility index (Phi) is 6.42. The molecule has 168 valence electrons. The van der Waals surface area contributed by atoms with E-state index in [0.29, 0.717) is 47.9 Å². The number of rotatable bonds is 8. The summed E-state index contributed by atoms with van der Waals surface area (Å²) in [5.74, 6) is 1.64. The summed E-state index contributed by atoms with van der Waals surface area (Å²) in [5.41, 5.74) is 4.04. The van der Waals surface area contributed by atoms with Crippen LogP contribution in [0, 0.1) is 5.92 Å². The first-order chi connectivity index (χ1) is 15.4. The molecule has 1 aliphatic rings. The van der Waals surface area contributed by atoms with Crippen molar-refractivity contribution in [2.75, 3.05) is 19.8 Å². The Labute approximate surface area is 193 Å². The molecule has 0 radical (unpaired) electrons. The quantitative estimate of drug-likeness (QED) is 0.473. The fourth-order valence-corrected chi connectivity index (χ4v) is 4.32. The Hall–Kier alpha value is -2.99. The van der Waals surface area contributed by atoms with Crippen molar-refractivity contribution in [1.29, 1.82) is 0 Å². The lowest BCUT2D eigenvalue weighted by molar-refractivity contribution is 0.0722. The van der Waals surface area contributed by atoms with Gasteiger partial charge in [0.1, 0.15) is 5.69 Å². The topological polar surface area (TPSA) is 67.5 Å². The van der Waals surface area contributed by atoms with Gasteiger partial charge in [0.15, 0.2) is 11.5 Å². The van der Waals surface area contributed by atoms with Gasteiger partial charge in [0, 0.05) is 22.7 Å². The lowest BCUT2D eigenvalue weighted by Gasteiger charge is -2.28. The first-order valence-corrected chi connectivity index (χ1v) is 11.4. The number of carbonyl (C=O) groups is 1. The molecule has 6 nitrogen and oxygen atoms in total. The zero-order chi connectivity index (χ0) is 22.8. The van der Waals surface area contributed by atoms with E-state index < -0.39 is 0 Å². The molecule has 0 saturated carbocycles. The second-order valence-corrected chi connectivity index (χ2v) is 8.63. The van der Waals surface area contributed by atoms with E-state index in [1.54, 1.807) is 0 Å². The van der Waals surface area contributed by atoms with E-state index in [4.69, 9.17) is 21.1 Å². The van der Waals surface area contributed by atoms with Crippen LogP contribution in [0.15, 0.2) is 42.5 Å². The van der Waals surface area contributed by atoms with E-state index in [2.05, 4.69) is 24.0 Å². The van der Waals surface area contributed by atoms with Crippen molar-refractivity contribution in [1.82, 2.24) is 15.1 Å². The minimum atomic E-state index is -0.279. The van der Waals surface area contributed by atoms with Crippen molar-refractivity contribution < 1.29 is 14.3 Å². The van der Waals surface area contributed by atoms with Crippen LogP contribution in [0.4, 0.5) is 0 Å². The predicted octanol–water partition coefficient (Wildman–Crippen LogP) is 5.73. The number of halogens is 1. The molecule has 0 saturated heterocycles. The summed E-state index contributed by atoms with van der Waals surface area (Å²) in [6.07, 6.45) is 0. The van der Waals surface area contributed by atoms with Gasteiger partial charge >= 0.3 is 0 Å². The third-order valence-electron chi connectivity index (χ3n) is 5.43. The number of nitrogens with zero attached hydrogens (tertiary/aromatic N) is 2. The summed E-state index contributed by atoms with van der Waals surface area (Å²) in [5, 5.41) is 8.16. The fraction of sp³-hybridized carbons (Fsp3) is 0.360. The van der Waals surface area contributed by atoms with Crippen molar-refractivity contribution in [2.24, 2.45) is 5.92 Å². The largest absolute Gasteiger partial charge is 0.490 e. The third kappa shape index (κ3) is 4.07. The molecule has 0 bridgehead atoms. The van der Waals surface area contributed by atoms with Crippen molar-refractivity contribution in [3.05, 3.63) is 64.3 Å². The zero-order valence-electron chi connectivity index (χ0n) is 18.8. The molecule has 0 aliphatic carbocycles. The number of H-pyrrole nitrogens is 1. The highest BCUT2D eigenvalue weighted by atomic mass is 35.5. The molecule has 3 aromatic rings. The van der Waals surface area contributed by atoms with E-state index in [9.17, 15) is 4.79 Å². The van der Waals surface area contributed by atoms with Crippen LogP contribution in [-0.4, -0.2) is 40.8 Å². The number of ether oxygens (including phenoxy) is 2. The highest BCUT2D eigenvalue weighted by Gasteiger charge is 2.42. The molecule has 2 heterocycles. The zero-order valence-corrected chi connectivity index (χ0v) is 19.6. The van der Waals surface area contributed by atoms with Crippen molar-refractivity contribution in [2.45, 2.75) is 33.7 Å². The van der Waals surface area contributed by atoms with Gasteiger partial charge in [-0.15, -0.1) is 0 Å². The molecule has 1 atom stereocenters. The van der Waals surface area contributed by atoms with Gasteiger partial charge in [0.2, 0.25) is 0 Å². The molecule has 1 unspecified atom stereocenters. The maximum atomic E-state index is 13.4. The van der Waals surface area contributed by atoms with Gasteiger partial charge < -0.3 is 14.4 Å². The lowest BCUT2D eigenvalue weighted by Crippen LogP contribution is -2.32. The highest BCUT2D eigenvalue weighted by molar-refractivity contribution is 6.30. The summed E-state index contributed by atoms with van der Waals surface area (Å²) in [6, 6.07) is 13.1. The number of fused-ring (bicyclic) bond motifs is 1. The van der Waals surface area contributed by atoms with Crippen LogP contribution >= 0.6 is 11.6 Å². The number of nitrogens with one attached hydrogen (secondary N) is 1. The molecule has 2 aromatic carbocycles. The Morgan fingerprint density at radius 3 is 2.41 bits per heavy atom. The molecule has 0 spiro atoms. The first-order valence-electron chi connectivity index (χ1n) is 11.0.